The van der Waals surface area contributed by atoms with Gasteiger partial charge in [0.25, 0.3) is 0 Å². The Kier molecular flexibility index (Phi) is 5.56. The Bertz CT molecular complexity index is 290. The van der Waals surface area contributed by atoms with E-state index in [-0.39, 0.29) is 0 Å². The molecule has 1 aromatic rings. The van der Waals surface area contributed by atoms with Crippen molar-refractivity contribution >= 4 is 6.08 Å². The lowest BCUT2D eigenvalue weighted by atomic mass is 10.2. The van der Waals surface area contributed by atoms with Crippen molar-refractivity contribution in [2.45, 2.75) is 19.8 Å². The number of benzene rings is 1. The van der Waals surface area contributed by atoms with Crippen molar-refractivity contribution in [2.75, 3.05) is 13.2 Å². The molecule has 15 heavy (non-hydrogen) atoms. The highest BCUT2D eigenvalue weighted by molar-refractivity contribution is 5.50. The Morgan fingerprint density at radius 2 is 2.00 bits per heavy atom. The third kappa shape index (κ3) is 4.66. The predicted molar refractivity (Wildman–Crippen MR) is 64.9 cm³/mol. The summed E-state index contributed by atoms with van der Waals surface area (Å²) in [6.07, 6.45) is 6.37. The molecule has 0 heterocycles. The van der Waals surface area contributed by atoms with E-state index >= 15 is 0 Å². The molecule has 0 spiro atoms. The first-order chi connectivity index (χ1) is 7.36. The molecule has 0 atom stereocenters. The highest BCUT2D eigenvalue weighted by atomic mass is 16.5. The second-order valence-electron chi connectivity index (χ2n) is 3.34. The molecule has 0 saturated heterocycles. The number of ether oxygens (including phenoxy) is 1. The fourth-order valence-electron chi connectivity index (χ4n) is 1.30. The molecule has 0 aliphatic carbocycles. The Morgan fingerprint density at radius 3 is 2.60 bits per heavy atom. The lowest BCUT2D eigenvalue weighted by Crippen LogP contribution is -1.96. The smallest absolute Gasteiger partial charge is 0.119 e. The van der Waals surface area contributed by atoms with Gasteiger partial charge in [0.2, 0.25) is 0 Å². The lowest BCUT2D eigenvalue weighted by molar-refractivity contribution is 0.340. The molecule has 0 fully saturated rings. The van der Waals surface area contributed by atoms with Crippen LogP contribution in [0.4, 0.5) is 0 Å². The van der Waals surface area contributed by atoms with Crippen molar-refractivity contribution in [3.8, 4) is 5.75 Å². The number of unbranched alkanes of at least 4 members (excludes halogenated alkanes) is 1. The normalized spacial score (nSPS) is 10.8. The number of hydrogen-bond acceptors (Lipinski definition) is 2. The summed E-state index contributed by atoms with van der Waals surface area (Å²) in [5.74, 6) is 0.927. The van der Waals surface area contributed by atoms with Gasteiger partial charge in [-0.15, -0.1) is 0 Å². The van der Waals surface area contributed by atoms with Crippen LogP contribution in [0.2, 0.25) is 0 Å². The molecule has 2 N–H and O–H groups in total. The number of hydrogen-bond donors (Lipinski definition) is 1. The molecule has 0 aromatic heterocycles. The van der Waals surface area contributed by atoms with E-state index in [2.05, 4.69) is 24.3 Å². The van der Waals surface area contributed by atoms with Gasteiger partial charge >= 0.3 is 0 Å². The van der Waals surface area contributed by atoms with E-state index in [0.717, 1.165) is 25.1 Å². The van der Waals surface area contributed by atoms with Crippen LogP contribution in [0.1, 0.15) is 25.3 Å². The zero-order valence-corrected chi connectivity index (χ0v) is 9.28. The van der Waals surface area contributed by atoms with Crippen LogP contribution < -0.4 is 10.5 Å². The second kappa shape index (κ2) is 7.07. The predicted octanol–water partition coefficient (Wildman–Crippen LogP) is 2.84. The molecule has 2 nitrogen and oxygen atoms in total. The van der Waals surface area contributed by atoms with Crippen LogP contribution >= 0.6 is 0 Å². The van der Waals surface area contributed by atoms with E-state index in [1.807, 2.05) is 19.1 Å². The zero-order chi connectivity index (χ0) is 10.9. The molecule has 0 aliphatic rings. The van der Waals surface area contributed by atoms with Gasteiger partial charge in [0.1, 0.15) is 5.75 Å². The van der Waals surface area contributed by atoms with E-state index < -0.39 is 0 Å². The summed E-state index contributed by atoms with van der Waals surface area (Å²) in [4.78, 5) is 0. The van der Waals surface area contributed by atoms with Gasteiger partial charge in [-0.2, -0.15) is 0 Å². The third-order valence-electron chi connectivity index (χ3n) is 2.08. The average Bonchev–Trinajstić information content (AvgIpc) is 2.27. The standard InChI is InChI=1S/C13H19NO/c1-2-15-13-9-7-12(8-10-13)6-4-3-5-11-14/h4,6-10H,2-3,5,11,14H2,1H3/b6-4+. The van der Waals surface area contributed by atoms with Crippen LogP contribution in [0, 0.1) is 0 Å². The summed E-state index contributed by atoms with van der Waals surface area (Å²) in [6, 6.07) is 8.10. The zero-order valence-electron chi connectivity index (χ0n) is 9.28. The average molecular weight is 205 g/mol. The van der Waals surface area contributed by atoms with Gasteiger partial charge < -0.3 is 10.5 Å². The summed E-state index contributed by atoms with van der Waals surface area (Å²) in [7, 11) is 0. The molecule has 2 heteroatoms. The van der Waals surface area contributed by atoms with Crippen molar-refractivity contribution in [1.82, 2.24) is 0 Å². The van der Waals surface area contributed by atoms with Crippen LogP contribution in [-0.2, 0) is 0 Å². The van der Waals surface area contributed by atoms with E-state index in [4.69, 9.17) is 10.5 Å². The number of rotatable bonds is 6. The van der Waals surface area contributed by atoms with Crippen molar-refractivity contribution in [2.24, 2.45) is 5.73 Å². The third-order valence-corrected chi connectivity index (χ3v) is 2.08. The fraction of sp³-hybridized carbons (Fsp3) is 0.385. The Balaban J connectivity index is 2.45. The maximum Gasteiger partial charge on any atom is 0.119 e. The molecule has 0 bridgehead atoms. The highest BCUT2D eigenvalue weighted by Crippen LogP contribution is 2.13. The first-order valence-electron chi connectivity index (χ1n) is 5.46. The Labute approximate surface area is 91.7 Å². The Hall–Kier alpha value is -1.28. The monoisotopic (exact) mass is 205 g/mol. The van der Waals surface area contributed by atoms with E-state index in [0.29, 0.717) is 6.61 Å². The van der Waals surface area contributed by atoms with Gasteiger partial charge in [-0.1, -0.05) is 24.3 Å². The minimum Gasteiger partial charge on any atom is -0.494 e. The number of nitrogens with two attached hydrogens (primary N) is 1. The van der Waals surface area contributed by atoms with Crippen molar-refractivity contribution in [3.05, 3.63) is 35.9 Å². The SMILES string of the molecule is CCOc1ccc(/C=C/CCCN)cc1. The van der Waals surface area contributed by atoms with Crippen molar-refractivity contribution < 1.29 is 4.74 Å². The molecular weight excluding hydrogens is 186 g/mol. The minimum atomic E-state index is 0.714. The minimum absolute atomic E-state index is 0.714. The van der Waals surface area contributed by atoms with Gasteiger partial charge in [-0.05, 0) is 44.0 Å². The van der Waals surface area contributed by atoms with Gasteiger partial charge in [0.05, 0.1) is 6.61 Å². The molecule has 0 unspecified atom stereocenters. The van der Waals surface area contributed by atoms with Gasteiger partial charge in [0.15, 0.2) is 0 Å². The maximum atomic E-state index is 5.41. The topological polar surface area (TPSA) is 35.2 Å². The van der Waals surface area contributed by atoms with Crippen molar-refractivity contribution in [1.29, 1.82) is 0 Å². The molecule has 82 valence electrons. The summed E-state index contributed by atoms with van der Waals surface area (Å²) >= 11 is 0. The molecule has 0 amide bonds. The first-order valence-corrected chi connectivity index (χ1v) is 5.46. The Morgan fingerprint density at radius 1 is 1.27 bits per heavy atom. The molecule has 1 rings (SSSR count). The largest absolute Gasteiger partial charge is 0.494 e. The first kappa shape index (κ1) is 11.8. The van der Waals surface area contributed by atoms with E-state index in [1.54, 1.807) is 0 Å². The number of allylic oxidation sites excluding steroid dienone is 1. The molecular formula is C13H19NO. The van der Waals surface area contributed by atoms with E-state index in [9.17, 15) is 0 Å². The van der Waals surface area contributed by atoms with Gasteiger partial charge in [-0.25, -0.2) is 0 Å². The molecule has 0 saturated carbocycles. The summed E-state index contributed by atoms with van der Waals surface area (Å²) in [5.41, 5.74) is 6.61. The fourth-order valence-corrected chi connectivity index (χ4v) is 1.30. The van der Waals surface area contributed by atoms with Crippen LogP contribution in [0.25, 0.3) is 6.08 Å². The lowest BCUT2D eigenvalue weighted by Gasteiger charge is -2.02. The second-order valence-corrected chi connectivity index (χ2v) is 3.34. The molecule has 0 aliphatic heterocycles. The quantitative estimate of drug-likeness (QED) is 0.725. The summed E-state index contributed by atoms with van der Waals surface area (Å²) in [6.45, 7) is 3.46. The summed E-state index contributed by atoms with van der Waals surface area (Å²) in [5, 5.41) is 0. The molecule has 0 radical (unpaired) electrons. The van der Waals surface area contributed by atoms with E-state index in [1.165, 1.54) is 5.56 Å². The maximum absolute atomic E-state index is 5.41. The van der Waals surface area contributed by atoms with Gasteiger partial charge in [-0.3, -0.25) is 0 Å². The summed E-state index contributed by atoms with van der Waals surface area (Å²) < 4.78 is 5.36. The van der Waals surface area contributed by atoms with Gasteiger partial charge in [0, 0.05) is 0 Å². The van der Waals surface area contributed by atoms with Crippen molar-refractivity contribution in [3.63, 3.8) is 0 Å². The molecule has 1 aromatic carbocycles. The van der Waals surface area contributed by atoms with Crippen LogP contribution in [0.15, 0.2) is 30.3 Å². The van der Waals surface area contributed by atoms with Crippen LogP contribution in [-0.4, -0.2) is 13.2 Å². The van der Waals surface area contributed by atoms with Crippen LogP contribution in [0.3, 0.4) is 0 Å². The highest BCUT2D eigenvalue weighted by Gasteiger charge is 1.90. The van der Waals surface area contributed by atoms with Crippen LogP contribution in [0.5, 0.6) is 5.75 Å².